The summed E-state index contributed by atoms with van der Waals surface area (Å²) in [6, 6.07) is 8.21. The Hall–Kier alpha value is -1.24. The molecule has 0 amide bonds. The minimum absolute atomic E-state index is 0.703. The Morgan fingerprint density at radius 3 is 2.92 bits per heavy atom. The Morgan fingerprint density at radius 2 is 2.17 bits per heavy atom. The van der Waals surface area contributed by atoms with Gasteiger partial charge in [0.15, 0.2) is 5.82 Å². The molecule has 5 nitrogen and oxygen atoms in total. The van der Waals surface area contributed by atoms with E-state index < -0.39 is 0 Å². The van der Waals surface area contributed by atoms with Crippen LogP contribution in [-0.4, -0.2) is 41.7 Å². The quantitative estimate of drug-likeness (QED) is 0.783. The highest BCUT2D eigenvalue weighted by atomic mass is 79.9. The van der Waals surface area contributed by atoms with Gasteiger partial charge in [-0.15, -0.1) is 0 Å². The van der Waals surface area contributed by atoms with Crippen LogP contribution in [-0.2, 0) is 13.0 Å². The van der Waals surface area contributed by atoms with Crippen molar-refractivity contribution in [3.63, 3.8) is 0 Å². The lowest BCUT2D eigenvalue weighted by Gasteiger charge is -2.30. The number of rotatable bonds is 7. The summed E-state index contributed by atoms with van der Waals surface area (Å²) in [6.07, 6.45) is 4.51. The summed E-state index contributed by atoms with van der Waals surface area (Å²) in [4.78, 5) is 6.98. The molecule has 0 saturated carbocycles. The van der Waals surface area contributed by atoms with Crippen molar-refractivity contribution in [2.75, 3.05) is 26.7 Å². The van der Waals surface area contributed by atoms with E-state index in [1.165, 1.54) is 24.8 Å². The highest BCUT2D eigenvalue weighted by Gasteiger charge is 2.20. The fourth-order valence-corrected chi connectivity index (χ4v) is 3.68. The van der Waals surface area contributed by atoms with E-state index in [1.54, 1.807) is 0 Å². The van der Waals surface area contributed by atoms with Crippen LogP contribution in [0.3, 0.4) is 0 Å². The molecular weight excluding hydrogens is 368 g/mol. The molecule has 0 atom stereocenters. The lowest BCUT2D eigenvalue weighted by Crippen LogP contribution is -2.34. The third-order valence-electron chi connectivity index (χ3n) is 4.63. The number of nitrogens with one attached hydrogen (secondary N) is 1. The molecule has 1 aromatic carbocycles. The lowest BCUT2D eigenvalue weighted by atomic mass is 9.93. The van der Waals surface area contributed by atoms with Crippen molar-refractivity contribution in [1.29, 1.82) is 0 Å². The zero-order chi connectivity index (χ0) is 16.8. The molecule has 2 heterocycles. The van der Waals surface area contributed by atoms with E-state index in [4.69, 9.17) is 4.52 Å². The number of piperidine rings is 1. The highest BCUT2D eigenvalue weighted by Crippen LogP contribution is 2.21. The molecule has 24 heavy (non-hydrogen) atoms. The van der Waals surface area contributed by atoms with E-state index in [-0.39, 0.29) is 0 Å². The summed E-state index contributed by atoms with van der Waals surface area (Å²) in [6.45, 7) is 4.13. The molecular formula is C18H25BrN4O. The molecule has 0 aliphatic carbocycles. The van der Waals surface area contributed by atoms with Gasteiger partial charge in [0.1, 0.15) is 0 Å². The van der Waals surface area contributed by atoms with Crippen LogP contribution in [0.25, 0.3) is 0 Å². The zero-order valence-corrected chi connectivity index (χ0v) is 15.8. The molecule has 2 aromatic rings. The van der Waals surface area contributed by atoms with Crippen molar-refractivity contribution in [3.8, 4) is 0 Å². The van der Waals surface area contributed by atoms with Gasteiger partial charge >= 0.3 is 0 Å². The van der Waals surface area contributed by atoms with Crippen LogP contribution >= 0.6 is 15.9 Å². The van der Waals surface area contributed by atoms with E-state index >= 15 is 0 Å². The van der Waals surface area contributed by atoms with Crippen molar-refractivity contribution in [2.45, 2.75) is 32.2 Å². The van der Waals surface area contributed by atoms with Gasteiger partial charge in [-0.05, 0) is 69.6 Å². The third-order valence-corrected chi connectivity index (χ3v) is 5.12. The maximum Gasteiger partial charge on any atom is 0.240 e. The smallest absolute Gasteiger partial charge is 0.240 e. The van der Waals surface area contributed by atoms with Crippen LogP contribution in [0.4, 0.5) is 0 Å². The molecule has 1 aromatic heterocycles. The first-order chi connectivity index (χ1) is 11.7. The number of hydrogen-bond donors (Lipinski definition) is 1. The maximum atomic E-state index is 5.44. The van der Waals surface area contributed by atoms with Crippen molar-refractivity contribution < 1.29 is 4.52 Å². The van der Waals surface area contributed by atoms with Crippen LogP contribution < -0.4 is 5.32 Å². The summed E-state index contributed by atoms with van der Waals surface area (Å²) < 4.78 is 6.51. The molecule has 130 valence electrons. The molecule has 1 N–H and O–H groups in total. The molecule has 0 bridgehead atoms. The summed E-state index contributed by atoms with van der Waals surface area (Å²) in [5.41, 5.74) is 1.18. The first-order valence-corrected chi connectivity index (χ1v) is 9.45. The SMILES string of the molecule is CNCCC1CCN(Cc2nc(Cc3cccc(Br)c3)no2)CC1. The molecule has 3 rings (SSSR count). The van der Waals surface area contributed by atoms with Gasteiger partial charge < -0.3 is 9.84 Å². The van der Waals surface area contributed by atoms with Crippen molar-refractivity contribution >= 4 is 15.9 Å². The summed E-state index contributed by atoms with van der Waals surface area (Å²) in [5, 5.41) is 7.37. The monoisotopic (exact) mass is 392 g/mol. The maximum absolute atomic E-state index is 5.44. The number of halogens is 1. The van der Waals surface area contributed by atoms with Crippen LogP contribution in [0.5, 0.6) is 0 Å². The van der Waals surface area contributed by atoms with E-state index in [0.29, 0.717) is 6.42 Å². The van der Waals surface area contributed by atoms with Gasteiger partial charge in [0.25, 0.3) is 0 Å². The number of likely N-dealkylation sites (tertiary alicyclic amines) is 1. The van der Waals surface area contributed by atoms with Crippen molar-refractivity contribution in [2.24, 2.45) is 5.92 Å². The van der Waals surface area contributed by atoms with E-state index in [0.717, 1.165) is 48.3 Å². The van der Waals surface area contributed by atoms with Gasteiger partial charge in [-0.25, -0.2) is 0 Å². The Morgan fingerprint density at radius 1 is 1.33 bits per heavy atom. The minimum atomic E-state index is 0.703. The van der Waals surface area contributed by atoms with Gasteiger partial charge in [-0.1, -0.05) is 33.2 Å². The van der Waals surface area contributed by atoms with E-state index in [1.807, 2.05) is 19.2 Å². The van der Waals surface area contributed by atoms with Crippen molar-refractivity contribution in [1.82, 2.24) is 20.4 Å². The molecule has 0 unspecified atom stereocenters. The van der Waals surface area contributed by atoms with Crippen molar-refractivity contribution in [3.05, 3.63) is 46.0 Å². The lowest BCUT2D eigenvalue weighted by molar-refractivity contribution is 0.155. The molecule has 0 radical (unpaired) electrons. The molecule has 1 saturated heterocycles. The summed E-state index contributed by atoms with van der Waals surface area (Å²) in [5.74, 6) is 2.34. The first kappa shape index (κ1) is 17.6. The number of nitrogens with zero attached hydrogens (tertiary/aromatic N) is 3. The number of hydrogen-bond acceptors (Lipinski definition) is 5. The van der Waals surface area contributed by atoms with Gasteiger partial charge in [0.2, 0.25) is 5.89 Å². The predicted molar refractivity (Wildman–Crippen MR) is 97.8 cm³/mol. The normalized spacial score (nSPS) is 16.6. The third kappa shape index (κ3) is 5.13. The topological polar surface area (TPSA) is 54.2 Å². The Kier molecular flexibility index (Phi) is 6.40. The standard InChI is InChI=1S/C18H25BrN4O/c1-20-8-5-14-6-9-23(10-7-14)13-18-21-17(22-24-18)12-15-3-2-4-16(19)11-15/h2-4,11,14,20H,5-10,12-13H2,1H3. The van der Waals surface area contributed by atoms with Gasteiger partial charge in [0.05, 0.1) is 6.54 Å². The second kappa shape index (κ2) is 8.74. The highest BCUT2D eigenvalue weighted by molar-refractivity contribution is 9.10. The second-order valence-corrected chi connectivity index (χ2v) is 7.44. The Labute approximate surface area is 151 Å². The summed E-state index contributed by atoms with van der Waals surface area (Å²) in [7, 11) is 2.02. The predicted octanol–water partition coefficient (Wildman–Crippen LogP) is 3.24. The van der Waals surface area contributed by atoms with Crippen LogP contribution in [0.1, 0.15) is 36.5 Å². The average Bonchev–Trinajstić information content (AvgIpc) is 3.01. The average molecular weight is 393 g/mol. The van der Waals surface area contributed by atoms with E-state index in [9.17, 15) is 0 Å². The van der Waals surface area contributed by atoms with Gasteiger partial charge in [-0.2, -0.15) is 4.98 Å². The van der Waals surface area contributed by atoms with E-state index in [2.05, 4.69) is 48.4 Å². The molecule has 1 aliphatic rings. The molecule has 0 spiro atoms. The molecule has 1 fully saturated rings. The largest absolute Gasteiger partial charge is 0.338 e. The zero-order valence-electron chi connectivity index (χ0n) is 14.2. The van der Waals surface area contributed by atoms with Gasteiger partial charge in [0, 0.05) is 10.9 Å². The Balaban J connectivity index is 1.48. The Bertz CT molecular complexity index is 637. The number of benzene rings is 1. The van der Waals surface area contributed by atoms with Crippen LogP contribution in [0.2, 0.25) is 0 Å². The first-order valence-electron chi connectivity index (χ1n) is 8.66. The second-order valence-electron chi connectivity index (χ2n) is 6.52. The van der Waals surface area contributed by atoms with Crippen LogP contribution in [0.15, 0.2) is 33.3 Å². The number of aromatic nitrogens is 2. The van der Waals surface area contributed by atoms with Gasteiger partial charge in [-0.3, -0.25) is 4.90 Å². The minimum Gasteiger partial charge on any atom is -0.338 e. The summed E-state index contributed by atoms with van der Waals surface area (Å²) >= 11 is 3.49. The molecule has 1 aliphatic heterocycles. The fraction of sp³-hybridized carbons (Fsp3) is 0.556. The molecule has 6 heteroatoms. The van der Waals surface area contributed by atoms with Crippen LogP contribution in [0, 0.1) is 5.92 Å². The fourth-order valence-electron chi connectivity index (χ4n) is 3.23.